The summed E-state index contributed by atoms with van der Waals surface area (Å²) in [7, 11) is -4.30. The molecule has 0 spiro atoms. The van der Waals surface area contributed by atoms with Gasteiger partial charge in [0.1, 0.15) is 28.1 Å². The lowest BCUT2D eigenvalue weighted by Gasteiger charge is -2.53. The maximum atomic E-state index is 15.1. The largest absolute Gasteiger partial charge is 0.376 e. The second-order valence-corrected chi connectivity index (χ2v) is 17.3. The number of aliphatic hydroxyl groups is 1. The van der Waals surface area contributed by atoms with Gasteiger partial charge >= 0.3 is 0 Å². The van der Waals surface area contributed by atoms with Gasteiger partial charge in [0, 0.05) is 49.4 Å². The van der Waals surface area contributed by atoms with E-state index in [0.717, 1.165) is 35.9 Å². The first kappa shape index (κ1) is 36.8. The highest BCUT2D eigenvalue weighted by molar-refractivity contribution is 7.89. The van der Waals surface area contributed by atoms with Crippen molar-refractivity contribution in [3.63, 3.8) is 0 Å². The standard InChI is InChI=1S/C40H47F3N4O4S/c1-4-17-44-52(50,51)35-22-31(32(42)23-33(35)43)37(48)46-18-14-39(15-19-46,28-8-7-9-29(41)21-28)16-20-47-38(3)12-13-40(47,49)25-27(24-38)36-26(2)45-34-11-6-5-10-30(34)36/h5-11,21-23,27,36,44,49H,4,12-20,24-25H2,1-3H3/t27-,36?,38?,40+/m1/s1. The van der Waals surface area contributed by atoms with Gasteiger partial charge in [-0.25, -0.2) is 26.3 Å². The molecule has 3 aromatic rings. The molecular formula is C40H47F3N4O4S. The first-order chi connectivity index (χ1) is 24.7. The van der Waals surface area contributed by atoms with E-state index in [1.165, 1.54) is 22.6 Å². The van der Waals surface area contributed by atoms with E-state index in [-0.39, 0.29) is 42.8 Å². The number of hydrogen-bond donors (Lipinski definition) is 2. The van der Waals surface area contributed by atoms with E-state index in [0.29, 0.717) is 51.1 Å². The van der Waals surface area contributed by atoms with Gasteiger partial charge in [-0.2, -0.15) is 0 Å². The molecular weight excluding hydrogens is 690 g/mol. The number of halogens is 3. The molecule has 3 aromatic carbocycles. The Morgan fingerprint density at radius 3 is 2.44 bits per heavy atom. The summed E-state index contributed by atoms with van der Waals surface area (Å²) in [5.74, 6) is -3.11. The van der Waals surface area contributed by atoms with Crippen molar-refractivity contribution in [2.45, 2.75) is 99.6 Å². The minimum atomic E-state index is -4.30. The SMILES string of the molecule is CCCNS(=O)(=O)c1cc(C(=O)N2CCC(CCN3C4(C)CC[C@]3(O)C[C@H](C3C(C)=Nc5ccccc53)C4)(c3cccc(F)c3)CC2)c(F)cc1F. The van der Waals surface area contributed by atoms with E-state index in [1.807, 2.05) is 18.2 Å². The number of nitrogens with zero attached hydrogens (tertiary/aromatic N) is 3. The Kier molecular flexibility index (Phi) is 9.67. The highest BCUT2D eigenvalue weighted by atomic mass is 32.2. The quantitative estimate of drug-likeness (QED) is 0.229. The van der Waals surface area contributed by atoms with E-state index in [9.17, 15) is 27.1 Å². The smallest absolute Gasteiger partial charge is 0.256 e. The zero-order valence-corrected chi connectivity index (χ0v) is 30.8. The minimum absolute atomic E-state index is 0.0643. The third-order valence-corrected chi connectivity index (χ3v) is 13.8. The number of piperidine rings is 2. The lowest BCUT2D eigenvalue weighted by atomic mass is 9.69. The Balaban J connectivity index is 1.11. The Bertz CT molecular complexity index is 2000. The first-order valence-electron chi connectivity index (χ1n) is 18.4. The van der Waals surface area contributed by atoms with Gasteiger partial charge < -0.3 is 10.0 Å². The molecule has 52 heavy (non-hydrogen) atoms. The van der Waals surface area contributed by atoms with Gasteiger partial charge in [0.2, 0.25) is 10.0 Å². The van der Waals surface area contributed by atoms with Gasteiger partial charge in [-0.1, -0.05) is 37.3 Å². The highest BCUT2D eigenvalue weighted by Gasteiger charge is 2.59. The highest BCUT2D eigenvalue weighted by Crippen LogP contribution is 2.57. The number of likely N-dealkylation sites (tertiary alicyclic amines) is 1. The molecule has 0 saturated carbocycles. The van der Waals surface area contributed by atoms with Crippen LogP contribution in [0.25, 0.3) is 0 Å². The summed E-state index contributed by atoms with van der Waals surface area (Å²) in [5, 5.41) is 12.3. The molecule has 2 N–H and O–H groups in total. The molecule has 0 radical (unpaired) electrons. The number of sulfonamides is 1. The second kappa shape index (κ2) is 13.7. The Morgan fingerprint density at radius 1 is 0.981 bits per heavy atom. The second-order valence-electron chi connectivity index (χ2n) is 15.6. The molecule has 2 bridgehead atoms. The number of carbonyl (C=O) groups excluding carboxylic acids is 1. The monoisotopic (exact) mass is 736 g/mol. The van der Waals surface area contributed by atoms with Gasteiger partial charge in [0.05, 0.1) is 11.3 Å². The molecule has 3 saturated heterocycles. The topological polar surface area (TPSA) is 102 Å². The summed E-state index contributed by atoms with van der Waals surface area (Å²) >= 11 is 0. The average Bonchev–Trinajstić information content (AvgIpc) is 3.52. The van der Waals surface area contributed by atoms with E-state index in [2.05, 4.69) is 35.6 Å². The van der Waals surface area contributed by atoms with Crippen molar-refractivity contribution in [2.75, 3.05) is 26.2 Å². The molecule has 1 amide bonds. The Hall–Kier alpha value is -3.58. The fourth-order valence-corrected chi connectivity index (χ4v) is 10.9. The maximum absolute atomic E-state index is 15.1. The summed E-state index contributed by atoms with van der Waals surface area (Å²) in [5.41, 5.74) is 1.81. The average molecular weight is 737 g/mol. The van der Waals surface area contributed by atoms with E-state index in [1.54, 1.807) is 13.0 Å². The molecule has 3 fully saturated rings. The predicted molar refractivity (Wildman–Crippen MR) is 194 cm³/mol. The van der Waals surface area contributed by atoms with Gasteiger partial charge in [-0.3, -0.25) is 14.7 Å². The number of fused-ring (bicyclic) bond motifs is 3. The van der Waals surface area contributed by atoms with Crippen LogP contribution < -0.4 is 4.72 Å². The predicted octanol–water partition coefficient (Wildman–Crippen LogP) is 7.20. The summed E-state index contributed by atoms with van der Waals surface area (Å²) in [6.07, 6.45) is 5.00. The molecule has 4 atom stereocenters. The number of rotatable bonds is 10. The number of hydrogen-bond acceptors (Lipinski definition) is 6. The Morgan fingerprint density at radius 2 is 1.73 bits per heavy atom. The summed E-state index contributed by atoms with van der Waals surface area (Å²) < 4.78 is 72.2. The molecule has 0 aliphatic carbocycles. The van der Waals surface area contributed by atoms with Crippen LogP contribution in [0.4, 0.5) is 18.9 Å². The van der Waals surface area contributed by atoms with Crippen molar-refractivity contribution in [3.8, 4) is 0 Å². The lowest BCUT2D eigenvalue weighted by molar-refractivity contribution is -0.159. The minimum Gasteiger partial charge on any atom is -0.376 e. The number of aliphatic imine (C=N–C) groups is 1. The zero-order chi connectivity index (χ0) is 37.1. The van der Waals surface area contributed by atoms with Gasteiger partial charge in [0.25, 0.3) is 5.91 Å². The molecule has 8 nitrogen and oxygen atoms in total. The van der Waals surface area contributed by atoms with E-state index in [4.69, 9.17) is 4.99 Å². The fraction of sp³-hybridized carbons (Fsp3) is 0.500. The van der Waals surface area contributed by atoms with Crippen molar-refractivity contribution in [3.05, 3.63) is 94.8 Å². The zero-order valence-electron chi connectivity index (χ0n) is 30.0. The van der Waals surface area contributed by atoms with Crippen LogP contribution in [-0.4, -0.2) is 72.4 Å². The number of amides is 1. The van der Waals surface area contributed by atoms with Crippen LogP contribution in [0.1, 0.15) is 99.5 Å². The number of benzene rings is 3. The van der Waals surface area contributed by atoms with Crippen molar-refractivity contribution in [1.29, 1.82) is 0 Å². The van der Waals surface area contributed by atoms with Crippen LogP contribution in [0.2, 0.25) is 0 Å². The van der Waals surface area contributed by atoms with Crippen molar-refractivity contribution in [2.24, 2.45) is 10.9 Å². The van der Waals surface area contributed by atoms with Crippen LogP contribution in [0.5, 0.6) is 0 Å². The number of carbonyl (C=O) groups is 1. The van der Waals surface area contributed by atoms with Gasteiger partial charge in [-0.15, -0.1) is 0 Å². The van der Waals surface area contributed by atoms with Crippen LogP contribution in [-0.2, 0) is 15.4 Å². The molecule has 12 heteroatoms. The van der Waals surface area contributed by atoms with E-state index >= 15 is 4.39 Å². The molecule has 0 aromatic heterocycles. The lowest BCUT2D eigenvalue weighted by Crippen LogP contribution is -2.60. The van der Waals surface area contributed by atoms with Crippen LogP contribution >= 0.6 is 0 Å². The molecule has 4 heterocycles. The molecule has 2 unspecified atom stereocenters. The fourth-order valence-electron chi connectivity index (χ4n) is 9.72. The van der Waals surface area contributed by atoms with Gasteiger partial charge in [-0.05, 0) is 112 Å². The molecule has 7 rings (SSSR count). The van der Waals surface area contributed by atoms with Crippen LogP contribution in [0.15, 0.2) is 70.6 Å². The molecule has 4 aliphatic heterocycles. The summed E-state index contributed by atoms with van der Waals surface area (Å²) in [4.78, 5) is 21.5. The Labute approximate surface area is 304 Å². The number of para-hydroxylation sites is 1. The van der Waals surface area contributed by atoms with Gasteiger partial charge in [0.15, 0.2) is 0 Å². The third kappa shape index (κ3) is 6.50. The van der Waals surface area contributed by atoms with Crippen molar-refractivity contribution < 1.29 is 31.5 Å². The van der Waals surface area contributed by atoms with Crippen LogP contribution in [0.3, 0.4) is 0 Å². The summed E-state index contributed by atoms with van der Waals surface area (Å²) in [6, 6.07) is 16.0. The maximum Gasteiger partial charge on any atom is 0.256 e. The van der Waals surface area contributed by atoms with E-state index < -0.39 is 49.2 Å². The first-order valence-corrected chi connectivity index (χ1v) is 19.9. The third-order valence-electron chi connectivity index (χ3n) is 12.3. The molecule has 4 aliphatic rings. The van der Waals surface area contributed by atoms with Crippen molar-refractivity contribution >= 4 is 27.3 Å². The molecule has 278 valence electrons. The number of nitrogens with one attached hydrogen (secondary N) is 1. The normalized spacial score (nSPS) is 27.1. The summed E-state index contributed by atoms with van der Waals surface area (Å²) in [6.45, 7) is 7.11. The van der Waals surface area contributed by atoms with Crippen molar-refractivity contribution in [1.82, 2.24) is 14.5 Å². The van der Waals surface area contributed by atoms with Crippen LogP contribution in [0, 0.1) is 23.4 Å².